The summed E-state index contributed by atoms with van der Waals surface area (Å²) in [6.45, 7) is 3.96. The predicted molar refractivity (Wildman–Crippen MR) is 111 cm³/mol. The third-order valence-electron chi connectivity index (χ3n) is 4.69. The number of anilines is 1. The van der Waals surface area contributed by atoms with E-state index in [2.05, 4.69) is 10.3 Å². The van der Waals surface area contributed by atoms with Crippen LogP contribution in [-0.2, 0) is 0 Å². The fourth-order valence-corrected chi connectivity index (χ4v) is 3.19. The maximum absolute atomic E-state index is 13.0. The van der Waals surface area contributed by atoms with E-state index >= 15 is 0 Å². The highest BCUT2D eigenvalue weighted by atomic mass is 16.4. The van der Waals surface area contributed by atoms with Crippen molar-refractivity contribution >= 4 is 11.6 Å². The highest BCUT2D eigenvalue weighted by Crippen LogP contribution is 2.29. The molecule has 0 atom stereocenters. The summed E-state index contributed by atoms with van der Waals surface area (Å²) >= 11 is 0. The first-order valence-corrected chi connectivity index (χ1v) is 9.11. The molecule has 0 aliphatic rings. The zero-order chi connectivity index (χ0) is 19.5. The second-order valence-electron chi connectivity index (χ2n) is 6.66. The molecule has 0 aliphatic heterocycles. The van der Waals surface area contributed by atoms with E-state index in [0.29, 0.717) is 22.8 Å². The summed E-state index contributed by atoms with van der Waals surface area (Å²) in [6, 6.07) is 23.1. The molecule has 1 N–H and O–H groups in total. The highest BCUT2D eigenvalue weighted by Gasteiger charge is 2.18. The van der Waals surface area contributed by atoms with Crippen molar-refractivity contribution in [2.45, 2.75) is 13.8 Å². The minimum absolute atomic E-state index is 0.188. The number of amides is 1. The lowest BCUT2D eigenvalue weighted by atomic mass is 10.1. The van der Waals surface area contributed by atoms with Crippen LogP contribution in [0, 0.1) is 13.8 Å². The van der Waals surface area contributed by atoms with Crippen molar-refractivity contribution in [2.24, 2.45) is 0 Å². The lowest BCUT2D eigenvalue weighted by Crippen LogP contribution is -2.14. The van der Waals surface area contributed by atoms with E-state index in [1.54, 1.807) is 12.3 Å². The zero-order valence-electron chi connectivity index (χ0n) is 15.8. The van der Waals surface area contributed by atoms with Crippen LogP contribution in [0.5, 0.6) is 0 Å². The first kappa shape index (κ1) is 17.7. The van der Waals surface area contributed by atoms with Gasteiger partial charge in [-0.3, -0.25) is 4.79 Å². The molecule has 0 radical (unpaired) electrons. The van der Waals surface area contributed by atoms with E-state index in [9.17, 15) is 4.79 Å². The average molecular weight is 368 g/mol. The summed E-state index contributed by atoms with van der Waals surface area (Å²) in [4.78, 5) is 17.4. The van der Waals surface area contributed by atoms with Crippen LogP contribution in [0.2, 0.25) is 0 Å². The Morgan fingerprint density at radius 1 is 0.857 bits per heavy atom. The Morgan fingerprint density at radius 2 is 1.54 bits per heavy atom. The van der Waals surface area contributed by atoms with Crippen LogP contribution in [0.1, 0.15) is 21.5 Å². The standard InChI is InChI=1S/C24H20N2O2/c1-16-9-8-10-17(2)22(16)26-23(27)19-13-6-7-14-20(19)24-25-15-21(28-24)18-11-4-3-5-12-18/h3-15H,1-2H3,(H,26,27). The monoisotopic (exact) mass is 368 g/mol. The summed E-state index contributed by atoms with van der Waals surface area (Å²) in [5, 5.41) is 3.04. The number of carbonyl (C=O) groups is 1. The quantitative estimate of drug-likeness (QED) is 0.489. The number of carbonyl (C=O) groups excluding carboxylic acids is 1. The fraction of sp³-hybridized carbons (Fsp3) is 0.0833. The molecule has 28 heavy (non-hydrogen) atoms. The molecule has 1 aromatic heterocycles. The van der Waals surface area contributed by atoms with Crippen molar-refractivity contribution in [1.82, 2.24) is 4.98 Å². The van der Waals surface area contributed by atoms with Gasteiger partial charge in [0, 0.05) is 16.8 Å². The van der Waals surface area contributed by atoms with E-state index in [0.717, 1.165) is 22.4 Å². The zero-order valence-corrected chi connectivity index (χ0v) is 15.8. The molecule has 4 heteroatoms. The number of aryl methyl sites for hydroxylation is 2. The van der Waals surface area contributed by atoms with E-state index in [4.69, 9.17) is 4.42 Å². The summed E-state index contributed by atoms with van der Waals surface area (Å²) in [6.07, 6.45) is 1.69. The molecular weight excluding hydrogens is 348 g/mol. The highest BCUT2D eigenvalue weighted by molar-refractivity contribution is 6.08. The largest absolute Gasteiger partial charge is 0.436 e. The molecule has 0 unspecified atom stereocenters. The topological polar surface area (TPSA) is 55.1 Å². The van der Waals surface area contributed by atoms with Gasteiger partial charge in [0.05, 0.1) is 11.8 Å². The van der Waals surface area contributed by atoms with Crippen molar-refractivity contribution in [1.29, 1.82) is 0 Å². The van der Waals surface area contributed by atoms with Gasteiger partial charge in [0.1, 0.15) is 0 Å². The lowest BCUT2D eigenvalue weighted by molar-refractivity contribution is 0.102. The van der Waals surface area contributed by atoms with Gasteiger partial charge in [0.25, 0.3) is 5.91 Å². The second kappa shape index (κ2) is 7.53. The van der Waals surface area contributed by atoms with Crippen LogP contribution in [0.25, 0.3) is 22.8 Å². The summed E-state index contributed by atoms with van der Waals surface area (Å²) < 4.78 is 5.95. The Morgan fingerprint density at radius 3 is 2.29 bits per heavy atom. The Balaban J connectivity index is 1.68. The molecule has 138 valence electrons. The number of rotatable bonds is 4. The van der Waals surface area contributed by atoms with Gasteiger partial charge < -0.3 is 9.73 Å². The summed E-state index contributed by atoms with van der Waals surface area (Å²) in [5.74, 6) is 0.902. The second-order valence-corrected chi connectivity index (χ2v) is 6.66. The fourth-order valence-electron chi connectivity index (χ4n) is 3.19. The molecule has 4 rings (SSSR count). The van der Waals surface area contributed by atoms with Gasteiger partial charge in [-0.1, -0.05) is 60.7 Å². The molecule has 0 aliphatic carbocycles. The Kier molecular flexibility index (Phi) is 4.77. The van der Waals surface area contributed by atoms with Gasteiger partial charge in [-0.15, -0.1) is 0 Å². The van der Waals surface area contributed by atoms with Crippen LogP contribution in [0.3, 0.4) is 0 Å². The third kappa shape index (κ3) is 3.45. The average Bonchev–Trinajstić information content (AvgIpc) is 3.21. The SMILES string of the molecule is Cc1cccc(C)c1NC(=O)c1ccccc1-c1ncc(-c2ccccc2)o1. The molecule has 0 saturated carbocycles. The first-order valence-electron chi connectivity index (χ1n) is 9.11. The van der Waals surface area contributed by atoms with Crippen LogP contribution in [-0.4, -0.2) is 10.9 Å². The Bertz CT molecular complexity index is 1110. The first-order chi connectivity index (χ1) is 13.6. The molecule has 3 aromatic carbocycles. The van der Waals surface area contributed by atoms with E-state index in [1.807, 2.05) is 80.6 Å². The number of hydrogen-bond donors (Lipinski definition) is 1. The van der Waals surface area contributed by atoms with E-state index in [-0.39, 0.29) is 5.91 Å². The maximum Gasteiger partial charge on any atom is 0.256 e. The maximum atomic E-state index is 13.0. The summed E-state index contributed by atoms with van der Waals surface area (Å²) in [7, 11) is 0. The third-order valence-corrected chi connectivity index (χ3v) is 4.69. The molecule has 1 heterocycles. The summed E-state index contributed by atoms with van der Waals surface area (Å²) in [5.41, 5.74) is 5.00. The number of para-hydroxylation sites is 1. The van der Waals surface area contributed by atoms with Crippen LogP contribution >= 0.6 is 0 Å². The van der Waals surface area contributed by atoms with Crippen molar-refractivity contribution in [3.8, 4) is 22.8 Å². The Hall–Kier alpha value is -3.66. The van der Waals surface area contributed by atoms with Crippen LogP contribution < -0.4 is 5.32 Å². The molecule has 0 spiro atoms. The Labute approximate surface area is 163 Å². The lowest BCUT2D eigenvalue weighted by Gasteiger charge is -2.12. The van der Waals surface area contributed by atoms with E-state index in [1.165, 1.54) is 0 Å². The van der Waals surface area contributed by atoms with Crippen molar-refractivity contribution < 1.29 is 9.21 Å². The van der Waals surface area contributed by atoms with Gasteiger partial charge in [-0.05, 0) is 37.1 Å². The normalized spacial score (nSPS) is 10.6. The number of nitrogens with one attached hydrogen (secondary N) is 1. The smallest absolute Gasteiger partial charge is 0.256 e. The molecule has 4 aromatic rings. The van der Waals surface area contributed by atoms with Crippen molar-refractivity contribution in [3.05, 3.63) is 95.7 Å². The van der Waals surface area contributed by atoms with Crippen molar-refractivity contribution in [2.75, 3.05) is 5.32 Å². The van der Waals surface area contributed by atoms with Gasteiger partial charge in [0.15, 0.2) is 5.76 Å². The van der Waals surface area contributed by atoms with E-state index < -0.39 is 0 Å². The number of nitrogens with zero attached hydrogens (tertiary/aromatic N) is 1. The van der Waals surface area contributed by atoms with Crippen LogP contribution in [0.15, 0.2) is 83.4 Å². The molecule has 0 bridgehead atoms. The van der Waals surface area contributed by atoms with Gasteiger partial charge >= 0.3 is 0 Å². The predicted octanol–water partition coefficient (Wildman–Crippen LogP) is 5.88. The molecule has 1 amide bonds. The van der Waals surface area contributed by atoms with Crippen molar-refractivity contribution in [3.63, 3.8) is 0 Å². The minimum Gasteiger partial charge on any atom is -0.436 e. The number of aromatic nitrogens is 1. The van der Waals surface area contributed by atoms with Gasteiger partial charge in [-0.25, -0.2) is 4.98 Å². The number of hydrogen-bond acceptors (Lipinski definition) is 3. The molecular formula is C24H20N2O2. The van der Waals surface area contributed by atoms with Gasteiger partial charge in [0.2, 0.25) is 5.89 Å². The molecule has 4 nitrogen and oxygen atoms in total. The molecule has 0 fully saturated rings. The van der Waals surface area contributed by atoms with Gasteiger partial charge in [-0.2, -0.15) is 0 Å². The number of oxazole rings is 1. The molecule has 0 saturated heterocycles. The van der Waals surface area contributed by atoms with Crippen LogP contribution in [0.4, 0.5) is 5.69 Å². The number of benzene rings is 3. The minimum atomic E-state index is -0.188.